The molecule has 3 rings (SSSR count). The molecular weight excluding hydrogens is 262 g/mol. The number of aliphatic hydroxyl groups excluding tert-OH is 1. The van der Waals surface area contributed by atoms with Gasteiger partial charge in [0.15, 0.2) is 6.29 Å². The van der Waals surface area contributed by atoms with Crippen LogP contribution in [0.3, 0.4) is 0 Å². The molecule has 3 aromatic rings. The molecule has 0 aliphatic carbocycles. The molecule has 0 unspecified atom stereocenters. The maximum Gasteiger partial charge on any atom is 0.152 e. The zero-order valence-electron chi connectivity index (χ0n) is 11.2. The third-order valence-electron chi connectivity index (χ3n) is 3.25. The number of aliphatic hydroxyl groups is 1. The first-order valence-corrected chi connectivity index (χ1v) is 6.59. The number of carbonyl (C=O) groups is 1. The maximum atomic E-state index is 11.2. The minimum Gasteiger partial charge on any atom is -0.507 e. The summed E-state index contributed by atoms with van der Waals surface area (Å²) in [6.45, 7) is 0. The highest BCUT2D eigenvalue weighted by Gasteiger charge is 2.06. The molecule has 0 radical (unpaired) electrons. The normalized spacial score (nSPS) is 11.5. The molecule has 2 aromatic carbocycles. The Kier molecular flexibility index (Phi) is 3.48. The van der Waals surface area contributed by atoms with Crippen molar-refractivity contribution in [3.63, 3.8) is 0 Å². The summed E-state index contributed by atoms with van der Waals surface area (Å²) in [4.78, 5) is 15.7. The Balaban J connectivity index is 2.13. The number of para-hydroxylation sites is 1. The lowest BCUT2D eigenvalue weighted by molar-refractivity contribution is 0.112. The lowest BCUT2D eigenvalue weighted by Gasteiger charge is -2.04. The number of carbonyl (C=O) groups excluding carboxylic acids is 1. The lowest BCUT2D eigenvalue weighted by atomic mass is 10.1. The third kappa shape index (κ3) is 2.67. The molecule has 3 nitrogen and oxygen atoms in total. The van der Waals surface area contributed by atoms with Gasteiger partial charge in [-0.15, -0.1) is 0 Å². The van der Waals surface area contributed by atoms with Crippen molar-refractivity contribution in [2.45, 2.75) is 0 Å². The van der Waals surface area contributed by atoms with Gasteiger partial charge in [0.1, 0.15) is 5.76 Å². The van der Waals surface area contributed by atoms with E-state index in [-0.39, 0.29) is 5.76 Å². The van der Waals surface area contributed by atoms with Crippen molar-refractivity contribution in [3.05, 3.63) is 77.5 Å². The molecule has 0 saturated carbocycles. The van der Waals surface area contributed by atoms with Crippen molar-refractivity contribution in [3.8, 4) is 0 Å². The molecule has 1 aromatic heterocycles. The molecule has 21 heavy (non-hydrogen) atoms. The van der Waals surface area contributed by atoms with Gasteiger partial charge in [0, 0.05) is 22.6 Å². The van der Waals surface area contributed by atoms with Crippen LogP contribution in [0.15, 0.2) is 60.7 Å². The second-order valence-electron chi connectivity index (χ2n) is 4.67. The fourth-order valence-corrected chi connectivity index (χ4v) is 2.18. The van der Waals surface area contributed by atoms with Crippen LogP contribution < -0.4 is 0 Å². The van der Waals surface area contributed by atoms with Gasteiger partial charge in [-0.3, -0.25) is 4.79 Å². The highest BCUT2D eigenvalue weighted by Crippen LogP contribution is 2.20. The van der Waals surface area contributed by atoms with Crippen molar-refractivity contribution in [1.29, 1.82) is 0 Å². The maximum absolute atomic E-state index is 11.2. The smallest absolute Gasteiger partial charge is 0.152 e. The Morgan fingerprint density at radius 2 is 1.71 bits per heavy atom. The second kappa shape index (κ2) is 5.59. The first kappa shape index (κ1) is 13.1. The van der Waals surface area contributed by atoms with Gasteiger partial charge in [0.2, 0.25) is 0 Å². The Hall–Kier alpha value is -2.94. The number of hydrogen-bond donors (Lipinski definition) is 1. The van der Waals surface area contributed by atoms with Crippen molar-refractivity contribution < 1.29 is 9.90 Å². The van der Waals surface area contributed by atoms with E-state index < -0.39 is 0 Å². The van der Waals surface area contributed by atoms with Crippen molar-refractivity contribution in [2.24, 2.45) is 0 Å². The quantitative estimate of drug-likeness (QED) is 0.578. The fraction of sp³-hybridized carbons (Fsp3) is 0. The largest absolute Gasteiger partial charge is 0.507 e. The standard InChI is InChI=1S/C18H13NO2/c20-12-15-10-14-8-4-5-9-16(14)19-17(15)11-18(21)13-6-2-1-3-7-13/h1-12,21H/b18-11-. The van der Waals surface area contributed by atoms with E-state index in [1.165, 1.54) is 6.08 Å². The molecule has 0 spiro atoms. The van der Waals surface area contributed by atoms with Gasteiger partial charge in [-0.1, -0.05) is 48.5 Å². The van der Waals surface area contributed by atoms with Gasteiger partial charge in [0.25, 0.3) is 0 Å². The van der Waals surface area contributed by atoms with E-state index in [0.29, 0.717) is 16.8 Å². The zero-order valence-corrected chi connectivity index (χ0v) is 11.2. The molecule has 102 valence electrons. The SMILES string of the molecule is O=Cc1cc2ccccc2nc1/C=C(\O)c1ccccc1. The molecule has 0 bridgehead atoms. The first-order valence-electron chi connectivity index (χ1n) is 6.59. The van der Waals surface area contributed by atoms with Crippen LogP contribution in [0, 0.1) is 0 Å². The van der Waals surface area contributed by atoms with Gasteiger partial charge < -0.3 is 5.11 Å². The third-order valence-corrected chi connectivity index (χ3v) is 3.25. The van der Waals surface area contributed by atoms with E-state index in [4.69, 9.17) is 0 Å². The van der Waals surface area contributed by atoms with Crippen LogP contribution in [0.5, 0.6) is 0 Å². The van der Waals surface area contributed by atoms with Crippen LogP contribution in [0.1, 0.15) is 21.6 Å². The molecule has 0 fully saturated rings. The highest BCUT2D eigenvalue weighted by molar-refractivity contribution is 5.92. The number of aldehydes is 1. The Morgan fingerprint density at radius 3 is 2.48 bits per heavy atom. The summed E-state index contributed by atoms with van der Waals surface area (Å²) in [6.07, 6.45) is 2.27. The minimum absolute atomic E-state index is 0.0847. The molecule has 0 aliphatic rings. The topological polar surface area (TPSA) is 50.2 Å². The van der Waals surface area contributed by atoms with Crippen molar-refractivity contribution in [2.75, 3.05) is 0 Å². The molecule has 0 amide bonds. The lowest BCUT2D eigenvalue weighted by Crippen LogP contribution is -1.93. The van der Waals surface area contributed by atoms with E-state index in [1.54, 1.807) is 18.2 Å². The van der Waals surface area contributed by atoms with E-state index in [9.17, 15) is 9.90 Å². The fourth-order valence-electron chi connectivity index (χ4n) is 2.18. The monoisotopic (exact) mass is 275 g/mol. The van der Waals surface area contributed by atoms with Crippen LogP contribution in [0.4, 0.5) is 0 Å². The summed E-state index contributed by atoms with van der Waals surface area (Å²) in [6, 6.07) is 18.5. The van der Waals surface area contributed by atoms with E-state index >= 15 is 0 Å². The van der Waals surface area contributed by atoms with E-state index in [0.717, 1.165) is 17.2 Å². The molecule has 3 heteroatoms. The van der Waals surface area contributed by atoms with E-state index in [1.807, 2.05) is 42.5 Å². The molecule has 1 N–H and O–H groups in total. The number of pyridine rings is 1. The van der Waals surface area contributed by atoms with Crippen LogP contribution >= 0.6 is 0 Å². The Bertz CT molecular complexity index is 823. The van der Waals surface area contributed by atoms with Gasteiger partial charge in [0.05, 0.1) is 11.2 Å². The number of fused-ring (bicyclic) bond motifs is 1. The zero-order chi connectivity index (χ0) is 14.7. The molecular formula is C18H13NO2. The Labute approximate surface area is 122 Å². The number of nitrogens with zero attached hydrogens (tertiary/aromatic N) is 1. The van der Waals surface area contributed by atoms with Gasteiger partial charge in [-0.05, 0) is 12.1 Å². The summed E-state index contributed by atoms with van der Waals surface area (Å²) in [5.74, 6) is 0.0847. The van der Waals surface area contributed by atoms with Crippen molar-refractivity contribution >= 4 is 29.0 Å². The predicted molar refractivity (Wildman–Crippen MR) is 84.1 cm³/mol. The second-order valence-corrected chi connectivity index (χ2v) is 4.67. The summed E-state index contributed by atoms with van der Waals surface area (Å²) in [5.41, 5.74) is 2.39. The molecule has 0 atom stereocenters. The summed E-state index contributed by atoms with van der Waals surface area (Å²) in [5, 5.41) is 11.1. The minimum atomic E-state index is 0.0847. The van der Waals surface area contributed by atoms with Crippen LogP contribution in [0.2, 0.25) is 0 Å². The van der Waals surface area contributed by atoms with Crippen molar-refractivity contribution in [1.82, 2.24) is 4.98 Å². The number of rotatable bonds is 3. The number of benzene rings is 2. The van der Waals surface area contributed by atoms with Crippen LogP contribution in [-0.4, -0.2) is 16.4 Å². The summed E-state index contributed by atoms with van der Waals surface area (Å²) in [7, 11) is 0. The van der Waals surface area contributed by atoms with Gasteiger partial charge >= 0.3 is 0 Å². The first-order chi connectivity index (χ1) is 10.3. The average Bonchev–Trinajstić information content (AvgIpc) is 2.55. The molecule has 0 aliphatic heterocycles. The predicted octanol–water partition coefficient (Wildman–Crippen LogP) is 4.10. The molecule has 1 heterocycles. The molecule has 0 saturated heterocycles. The highest BCUT2D eigenvalue weighted by atomic mass is 16.3. The average molecular weight is 275 g/mol. The van der Waals surface area contributed by atoms with Gasteiger partial charge in [-0.25, -0.2) is 4.98 Å². The summed E-state index contributed by atoms with van der Waals surface area (Å²) >= 11 is 0. The van der Waals surface area contributed by atoms with Gasteiger partial charge in [-0.2, -0.15) is 0 Å². The summed E-state index contributed by atoms with van der Waals surface area (Å²) < 4.78 is 0. The van der Waals surface area contributed by atoms with E-state index in [2.05, 4.69) is 4.98 Å². The Morgan fingerprint density at radius 1 is 1.00 bits per heavy atom. The number of hydrogen-bond acceptors (Lipinski definition) is 3. The number of aromatic nitrogens is 1. The van der Waals surface area contributed by atoms with Crippen LogP contribution in [-0.2, 0) is 0 Å². The van der Waals surface area contributed by atoms with Crippen LogP contribution in [0.25, 0.3) is 22.7 Å².